The van der Waals surface area contributed by atoms with Crippen LogP contribution in [0, 0.1) is 6.92 Å². The van der Waals surface area contributed by atoms with Gasteiger partial charge in [0.05, 0.1) is 12.7 Å². The van der Waals surface area contributed by atoms with Crippen LogP contribution in [0.3, 0.4) is 0 Å². The minimum absolute atomic E-state index is 0.243. The lowest BCUT2D eigenvalue weighted by atomic mass is 10.0. The maximum atomic E-state index is 5.57. The van der Waals surface area contributed by atoms with Gasteiger partial charge < -0.3 is 18.9 Å². The summed E-state index contributed by atoms with van der Waals surface area (Å²) in [5.74, 6) is 0.790. The molecule has 6 nitrogen and oxygen atoms in total. The maximum Gasteiger partial charge on any atom is 0.188 e. The first-order valence-electron chi connectivity index (χ1n) is 8.16. The molecule has 6 heteroatoms. The SMILES string of the molecule is CCOC(Cn1cc(-c2ccc(OCOC)cc2C)cn1)OCC. The van der Waals surface area contributed by atoms with Crippen LogP contribution in [0.5, 0.6) is 5.75 Å². The Morgan fingerprint density at radius 1 is 1.17 bits per heavy atom. The summed E-state index contributed by atoms with van der Waals surface area (Å²) in [6, 6.07) is 5.96. The van der Waals surface area contributed by atoms with Gasteiger partial charge in [0.1, 0.15) is 5.75 Å². The molecule has 0 amide bonds. The van der Waals surface area contributed by atoms with Crippen molar-refractivity contribution in [2.45, 2.75) is 33.6 Å². The molecular formula is C18H26N2O4. The minimum Gasteiger partial charge on any atom is -0.468 e. The van der Waals surface area contributed by atoms with E-state index in [2.05, 4.69) is 12.0 Å². The maximum absolute atomic E-state index is 5.57. The van der Waals surface area contributed by atoms with E-state index in [0.717, 1.165) is 22.4 Å². The van der Waals surface area contributed by atoms with E-state index >= 15 is 0 Å². The van der Waals surface area contributed by atoms with Crippen molar-refractivity contribution >= 4 is 0 Å². The molecule has 2 rings (SSSR count). The third-order valence-electron chi connectivity index (χ3n) is 3.53. The van der Waals surface area contributed by atoms with E-state index in [1.54, 1.807) is 7.11 Å². The summed E-state index contributed by atoms with van der Waals surface area (Å²) in [6.45, 7) is 7.99. The van der Waals surface area contributed by atoms with Gasteiger partial charge in [-0.3, -0.25) is 4.68 Å². The van der Waals surface area contributed by atoms with Crippen molar-refractivity contribution < 1.29 is 18.9 Å². The van der Waals surface area contributed by atoms with E-state index in [4.69, 9.17) is 18.9 Å². The van der Waals surface area contributed by atoms with Crippen LogP contribution in [0.1, 0.15) is 19.4 Å². The van der Waals surface area contributed by atoms with Crippen LogP contribution in [-0.4, -0.2) is 43.2 Å². The second-order valence-electron chi connectivity index (χ2n) is 5.32. The molecule has 1 aromatic heterocycles. The highest BCUT2D eigenvalue weighted by Crippen LogP contribution is 2.26. The Morgan fingerprint density at radius 3 is 2.54 bits per heavy atom. The molecule has 132 valence electrons. The smallest absolute Gasteiger partial charge is 0.188 e. The van der Waals surface area contributed by atoms with Crippen LogP contribution < -0.4 is 4.74 Å². The van der Waals surface area contributed by atoms with Crippen LogP contribution in [-0.2, 0) is 20.8 Å². The lowest BCUT2D eigenvalue weighted by Gasteiger charge is -2.16. The number of benzene rings is 1. The van der Waals surface area contributed by atoms with Crippen molar-refractivity contribution in [3.63, 3.8) is 0 Å². The number of aromatic nitrogens is 2. The molecule has 1 heterocycles. The first-order chi connectivity index (χ1) is 11.7. The van der Waals surface area contributed by atoms with Gasteiger partial charge in [0, 0.05) is 32.1 Å². The van der Waals surface area contributed by atoms with Gasteiger partial charge in [-0.25, -0.2) is 0 Å². The van der Waals surface area contributed by atoms with Crippen molar-refractivity contribution in [3.05, 3.63) is 36.2 Å². The quantitative estimate of drug-likeness (QED) is 0.624. The van der Waals surface area contributed by atoms with Gasteiger partial charge in [-0.05, 0) is 44.0 Å². The molecular weight excluding hydrogens is 308 g/mol. The van der Waals surface area contributed by atoms with E-state index in [0.29, 0.717) is 19.8 Å². The van der Waals surface area contributed by atoms with Crippen molar-refractivity contribution in [3.8, 4) is 16.9 Å². The number of methoxy groups -OCH3 is 1. The number of rotatable bonds is 10. The molecule has 0 saturated carbocycles. The average Bonchev–Trinajstić information content (AvgIpc) is 3.01. The minimum atomic E-state index is -0.279. The van der Waals surface area contributed by atoms with E-state index in [9.17, 15) is 0 Å². The Balaban J connectivity index is 2.09. The lowest BCUT2D eigenvalue weighted by Crippen LogP contribution is -2.23. The van der Waals surface area contributed by atoms with E-state index in [-0.39, 0.29) is 13.1 Å². The standard InChI is InChI=1S/C18H26N2O4/c1-5-22-18(23-6-2)12-20-11-15(10-19-20)17-8-7-16(9-14(17)3)24-13-21-4/h7-11,18H,5-6,12-13H2,1-4H3. The number of hydrogen-bond acceptors (Lipinski definition) is 5. The molecule has 0 aliphatic heterocycles. The Morgan fingerprint density at radius 2 is 1.92 bits per heavy atom. The van der Waals surface area contributed by atoms with Crippen molar-refractivity contribution in [2.75, 3.05) is 27.1 Å². The van der Waals surface area contributed by atoms with Crippen molar-refractivity contribution in [2.24, 2.45) is 0 Å². The van der Waals surface area contributed by atoms with Crippen LogP contribution in [0.4, 0.5) is 0 Å². The fourth-order valence-electron chi connectivity index (χ4n) is 2.46. The molecule has 0 atom stereocenters. The zero-order valence-corrected chi connectivity index (χ0v) is 14.8. The highest BCUT2D eigenvalue weighted by atomic mass is 16.7. The van der Waals surface area contributed by atoms with Gasteiger partial charge >= 0.3 is 0 Å². The van der Waals surface area contributed by atoms with E-state index < -0.39 is 0 Å². The van der Waals surface area contributed by atoms with Crippen LogP contribution in [0.15, 0.2) is 30.6 Å². The Hall–Kier alpha value is -1.89. The molecule has 1 aromatic carbocycles. The molecule has 0 unspecified atom stereocenters. The first-order valence-corrected chi connectivity index (χ1v) is 8.16. The molecule has 0 N–H and O–H groups in total. The monoisotopic (exact) mass is 334 g/mol. The normalized spacial score (nSPS) is 11.2. The second kappa shape index (κ2) is 9.42. The van der Waals surface area contributed by atoms with Gasteiger partial charge in [-0.2, -0.15) is 5.10 Å². The van der Waals surface area contributed by atoms with Gasteiger partial charge in [0.25, 0.3) is 0 Å². The Labute approximate surface area is 143 Å². The molecule has 0 bridgehead atoms. The van der Waals surface area contributed by atoms with Crippen LogP contribution >= 0.6 is 0 Å². The molecule has 0 aliphatic carbocycles. The van der Waals surface area contributed by atoms with Gasteiger partial charge in [0.15, 0.2) is 13.1 Å². The van der Waals surface area contributed by atoms with Crippen molar-refractivity contribution in [1.29, 1.82) is 0 Å². The summed E-state index contributed by atoms with van der Waals surface area (Å²) < 4.78 is 23.4. The third kappa shape index (κ3) is 5.06. The fraction of sp³-hybridized carbons (Fsp3) is 0.500. The molecule has 0 fully saturated rings. The molecule has 0 aliphatic rings. The second-order valence-corrected chi connectivity index (χ2v) is 5.32. The highest BCUT2D eigenvalue weighted by Gasteiger charge is 2.11. The average molecular weight is 334 g/mol. The van der Waals surface area contributed by atoms with Crippen LogP contribution in [0.2, 0.25) is 0 Å². The summed E-state index contributed by atoms with van der Waals surface area (Å²) in [4.78, 5) is 0. The number of nitrogens with zero attached hydrogens (tertiary/aromatic N) is 2. The molecule has 2 aromatic rings. The Kier molecular flexibility index (Phi) is 7.24. The zero-order valence-electron chi connectivity index (χ0n) is 14.8. The summed E-state index contributed by atoms with van der Waals surface area (Å²) in [7, 11) is 1.60. The predicted molar refractivity (Wildman–Crippen MR) is 91.9 cm³/mol. The van der Waals surface area contributed by atoms with Crippen LogP contribution in [0.25, 0.3) is 11.1 Å². The molecule has 24 heavy (non-hydrogen) atoms. The number of ether oxygens (including phenoxy) is 4. The number of aryl methyl sites for hydroxylation is 1. The fourth-order valence-corrected chi connectivity index (χ4v) is 2.46. The van der Waals surface area contributed by atoms with E-state index in [1.807, 2.05) is 49.1 Å². The predicted octanol–water partition coefficient (Wildman–Crippen LogP) is 3.24. The summed E-state index contributed by atoms with van der Waals surface area (Å²) >= 11 is 0. The molecule has 0 saturated heterocycles. The third-order valence-corrected chi connectivity index (χ3v) is 3.53. The highest BCUT2D eigenvalue weighted by molar-refractivity contribution is 5.66. The summed E-state index contributed by atoms with van der Waals surface area (Å²) in [6.07, 6.45) is 3.58. The lowest BCUT2D eigenvalue weighted by molar-refractivity contribution is -0.144. The van der Waals surface area contributed by atoms with Gasteiger partial charge in [0.2, 0.25) is 0 Å². The Bertz CT molecular complexity index is 621. The number of hydrogen-bond donors (Lipinski definition) is 0. The van der Waals surface area contributed by atoms with E-state index in [1.165, 1.54) is 0 Å². The van der Waals surface area contributed by atoms with Gasteiger partial charge in [-0.15, -0.1) is 0 Å². The van der Waals surface area contributed by atoms with Gasteiger partial charge in [-0.1, -0.05) is 6.07 Å². The topological polar surface area (TPSA) is 54.7 Å². The van der Waals surface area contributed by atoms with Crippen molar-refractivity contribution in [1.82, 2.24) is 9.78 Å². The first kappa shape index (κ1) is 18.4. The molecule has 0 radical (unpaired) electrons. The summed E-state index contributed by atoms with van der Waals surface area (Å²) in [5, 5.41) is 4.42. The zero-order chi connectivity index (χ0) is 17.4. The molecule has 0 spiro atoms. The summed E-state index contributed by atoms with van der Waals surface area (Å²) in [5.41, 5.74) is 3.29. The largest absolute Gasteiger partial charge is 0.468 e.